The largest absolute Gasteiger partial charge is 0.508 e. The molecule has 2 N–H and O–H groups in total. The first-order chi connectivity index (χ1) is 7.61. The molecular weight excluding hydrogens is 202 g/mol. The number of phenolic OH excluding ortho intramolecular Hbond substituents is 1. The maximum atomic E-state index is 11.5. The molecule has 0 unspecified atom stereocenters. The van der Waals surface area contributed by atoms with Crippen LogP contribution < -0.4 is 5.32 Å². The Hall–Kier alpha value is -1.51. The standard InChI is InChI=1S/C13H19NO2/c1-3-10(2)8-13(16)14-9-11-4-6-12(15)7-5-11/h4-7,10,15H,3,8-9H2,1-2H3,(H,14,16)/t10-/m1/s1. The summed E-state index contributed by atoms with van der Waals surface area (Å²) in [5, 5.41) is 12.0. The molecule has 0 radical (unpaired) electrons. The van der Waals surface area contributed by atoms with Crippen molar-refractivity contribution in [3.63, 3.8) is 0 Å². The minimum Gasteiger partial charge on any atom is -0.508 e. The van der Waals surface area contributed by atoms with E-state index in [1.54, 1.807) is 24.3 Å². The summed E-state index contributed by atoms with van der Waals surface area (Å²) in [7, 11) is 0. The Labute approximate surface area is 96.5 Å². The molecule has 0 aliphatic heterocycles. The third kappa shape index (κ3) is 4.34. The van der Waals surface area contributed by atoms with Gasteiger partial charge in [-0.2, -0.15) is 0 Å². The number of phenols is 1. The molecule has 3 heteroatoms. The monoisotopic (exact) mass is 221 g/mol. The van der Waals surface area contributed by atoms with E-state index in [1.165, 1.54) is 0 Å². The fourth-order valence-electron chi connectivity index (χ4n) is 1.35. The first-order valence-electron chi connectivity index (χ1n) is 5.66. The van der Waals surface area contributed by atoms with Crippen LogP contribution in [0.2, 0.25) is 0 Å². The number of amides is 1. The number of hydrogen-bond acceptors (Lipinski definition) is 2. The number of nitrogens with one attached hydrogen (secondary N) is 1. The summed E-state index contributed by atoms with van der Waals surface area (Å²) < 4.78 is 0. The average molecular weight is 221 g/mol. The fourth-order valence-corrected chi connectivity index (χ4v) is 1.35. The Kier molecular flexibility index (Phi) is 4.83. The summed E-state index contributed by atoms with van der Waals surface area (Å²) in [5.74, 6) is 0.761. The molecule has 16 heavy (non-hydrogen) atoms. The zero-order valence-electron chi connectivity index (χ0n) is 9.86. The predicted molar refractivity (Wildman–Crippen MR) is 64.0 cm³/mol. The third-order valence-corrected chi connectivity index (χ3v) is 2.66. The van der Waals surface area contributed by atoms with Crippen molar-refractivity contribution in [2.24, 2.45) is 5.92 Å². The molecule has 0 fully saturated rings. The van der Waals surface area contributed by atoms with Gasteiger partial charge in [0.2, 0.25) is 5.91 Å². The summed E-state index contributed by atoms with van der Waals surface area (Å²) in [6.07, 6.45) is 1.60. The van der Waals surface area contributed by atoms with Gasteiger partial charge >= 0.3 is 0 Å². The van der Waals surface area contributed by atoms with Gasteiger partial charge in [0.15, 0.2) is 0 Å². The van der Waals surface area contributed by atoms with Crippen LogP contribution in [-0.4, -0.2) is 11.0 Å². The van der Waals surface area contributed by atoms with Crippen molar-refractivity contribution >= 4 is 5.91 Å². The second kappa shape index (κ2) is 6.16. The molecule has 0 aliphatic rings. The first kappa shape index (κ1) is 12.6. The van der Waals surface area contributed by atoms with Gasteiger partial charge in [0.05, 0.1) is 0 Å². The van der Waals surface area contributed by atoms with Crippen molar-refractivity contribution < 1.29 is 9.90 Å². The maximum Gasteiger partial charge on any atom is 0.220 e. The maximum absolute atomic E-state index is 11.5. The summed E-state index contributed by atoms with van der Waals surface area (Å²) >= 11 is 0. The van der Waals surface area contributed by atoms with Crippen LogP contribution in [0.4, 0.5) is 0 Å². The van der Waals surface area contributed by atoms with Crippen LogP contribution in [0.1, 0.15) is 32.3 Å². The van der Waals surface area contributed by atoms with Crippen molar-refractivity contribution in [1.82, 2.24) is 5.32 Å². The van der Waals surface area contributed by atoms with Crippen molar-refractivity contribution in [3.8, 4) is 5.75 Å². The molecule has 88 valence electrons. The lowest BCUT2D eigenvalue weighted by atomic mass is 10.1. The molecule has 1 amide bonds. The minimum absolute atomic E-state index is 0.0856. The molecule has 0 saturated carbocycles. The van der Waals surface area contributed by atoms with E-state index in [4.69, 9.17) is 5.11 Å². The van der Waals surface area contributed by atoms with E-state index in [0.29, 0.717) is 18.9 Å². The number of aromatic hydroxyl groups is 1. The topological polar surface area (TPSA) is 49.3 Å². The molecule has 0 bridgehead atoms. The molecule has 1 atom stereocenters. The number of rotatable bonds is 5. The van der Waals surface area contributed by atoms with Crippen LogP contribution >= 0.6 is 0 Å². The fraction of sp³-hybridized carbons (Fsp3) is 0.462. The van der Waals surface area contributed by atoms with Crippen LogP contribution in [-0.2, 0) is 11.3 Å². The predicted octanol–water partition coefficient (Wildman–Crippen LogP) is 2.44. The van der Waals surface area contributed by atoms with E-state index >= 15 is 0 Å². The zero-order chi connectivity index (χ0) is 12.0. The summed E-state index contributed by atoms with van der Waals surface area (Å²) in [6, 6.07) is 6.85. The van der Waals surface area contributed by atoms with Crippen molar-refractivity contribution in [2.45, 2.75) is 33.2 Å². The van der Waals surface area contributed by atoms with Gasteiger partial charge < -0.3 is 10.4 Å². The normalized spacial score (nSPS) is 12.1. The highest BCUT2D eigenvalue weighted by atomic mass is 16.3. The van der Waals surface area contributed by atoms with Gasteiger partial charge in [-0.05, 0) is 23.6 Å². The van der Waals surface area contributed by atoms with Crippen LogP contribution in [0.3, 0.4) is 0 Å². The van der Waals surface area contributed by atoms with E-state index in [2.05, 4.69) is 19.2 Å². The van der Waals surface area contributed by atoms with Crippen LogP contribution in [0, 0.1) is 5.92 Å². The van der Waals surface area contributed by atoms with Gasteiger partial charge in [-0.3, -0.25) is 4.79 Å². The molecule has 0 aromatic heterocycles. The van der Waals surface area contributed by atoms with Gasteiger partial charge in [0.25, 0.3) is 0 Å². The molecule has 0 saturated heterocycles. The number of carbonyl (C=O) groups is 1. The molecule has 1 aromatic carbocycles. The smallest absolute Gasteiger partial charge is 0.220 e. The highest BCUT2D eigenvalue weighted by Crippen LogP contribution is 2.10. The van der Waals surface area contributed by atoms with Gasteiger partial charge in [0.1, 0.15) is 5.75 Å². The summed E-state index contributed by atoms with van der Waals surface area (Å²) in [6.45, 7) is 4.67. The first-order valence-corrected chi connectivity index (χ1v) is 5.66. The zero-order valence-corrected chi connectivity index (χ0v) is 9.86. The lowest BCUT2D eigenvalue weighted by molar-refractivity contribution is -0.122. The lowest BCUT2D eigenvalue weighted by Gasteiger charge is -2.09. The Balaban J connectivity index is 2.34. The van der Waals surface area contributed by atoms with Gasteiger partial charge in [-0.25, -0.2) is 0 Å². The number of benzene rings is 1. The Morgan fingerprint density at radius 1 is 1.38 bits per heavy atom. The molecule has 0 spiro atoms. The van der Waals surface area contributed by atoms with Crippen LogP contribution in [0.15, 0.2) is 24.3 Å². The second-order valence-electron chi connectivity index (χ2n) is 4.16. The highest BCUT2D eigenvalue weighted by molar-refractivity contribution is 5.76. The van der Waals surface area contributed by atoms with Gasteiger partial charge in [-0.15, -0.1) is 0 Å². The van der Waals surface area contributed by atoms with Gasteiger partial charge in [-0.1, -0.05) is 32.4 Å². The van der Waals surface area contributed by atoms with E-state index in [-0.39, 0.29) is 11.7 Å². The van der Waals surface area contributed by atoms with E-state index in [0.717, 1.165) is 12.0 Å². The third-order valence-electron chi connectivity index (χ3n) is 2.66. The van der Waals surface area contributed by atoms with Crippen LogP contribution in [0.25, 0.3) is 0 Å². The molecule has 0 heterocycles. The molecular formula is C13H19NO2. The lowest BCUT2D eigenvalue weighted by Crippen LogP contribution is -2.24. The Bertz CT molecular complexity index is 332. The second-order valence-corrected chi connectivity index (χ2v) is 4.16. The molecule has 1 rings (SSSR count). The van der Waals surface area contributed by atoms with Crippen molar-refractivity contribution in [1.29, 1.82) is 0 Å². The Morgan fingerprint density at radius 2 is 2.00 bits per heavy atom. The average Bonchev–Trinajstić information content (AvgIpc) is 2.28. The SMILES string of the molecule is CC[C@@H](C)CC(=O)NCc1ccc(O)cc1. The van der Waals surface area contributed by atoms with E-state index in [1.807, 2.05) is 0 Å². The highest BCUT2D eigenvalue weighted by Gasteiger charge is 2.06. The number of hydrogen-bond donors (Lipinski definition) is 2. The molecule has 3 nitrogen and oxygen atoms in total. The minimum atomic E-state index is 0.0856. The summed E-state index contributed by atoms with van der Waals surface area (Å²) in [4.78, 5) is 11.5. The van der Waals surface area contributed by atoms with E-state index < -0.39 is 0 Å². The Morgan fingerprint density at radius 3 is 2.56 bits per heavy atom. The summed E-state index contributed by atoms with van der Waals surface area (Å²) in [5.41, 5.74) is 0.996. The van der Waals surface area contributed by atoms with Gasteiger partial charge in [0, 0.05) is 13.0 Å². The van der Waals surface area contributed by atoms with Crippen LogP contribution in [0.5, 0.6) is 5.75 Å². The molecule has 1 aromatic rings. The van der Waals surface area contributed by atoms with Crippen molar-refractivity contribution in [2.75, 3.05) is 0 Å². The quantitative estimate of drug-likeness (QED) is 0.802. The van der Waals surface area contributed by atoms with Crippen molar-refractivity contribution in [3.05, 3.63) is 29.8 Å². The van der Waals surface area contributed by atoms with E-state index in [9.17, 15) is 4.79 Å². The number of carbonyl (C=O) groups excluding carboxylic acids is 1. The molecule has 0 aliphatic carbocycles.